The Kier molecular flexibility index (Phi) is 6.79. The van der Waals surface area contributed by atoms with Crippen molar-refractivity contribution in [3.8, 4) is 27.9 Å². The largest absolute Gasteiger partial charge is 0.309 e. The van der Waals surface area contributed by atoms with Crippen molar-refractivity contribution in [2.24, 2.45) is 0 Å². The van der Waals surface area contributed by atoms with Gasteiger partial charge >= 0.3 is 0 Å². The standard InChI is InChI=1S/C58H35N/c1-2-15-40(16-3-1)59-53-33-31-37-14-4-5-17-41(37)57(53)58-49-25-13-8-20-44(49)51(35-54(58)59)38-28-26-36(27-29-38)39-30-32-50-52(34-39)45-21-9-12-24-48(45)55-46-22-10-6-18-42(46)43-19-7-11-23-47(43)56(50)55/h1-35H. The predicted octanol–water partition coefficient (Wildman–Crippen LogP) is 16.2. The highest BCUT2D eigenvalue weighted by Crippen LogP contribution is 2.46. The van der Waals surface area contributed by atoms with E-state index in [2.05, 4.69) is 217 Å². The van der Waals surface area contributed by atoms with E-state index in [0.717, 1.165) is 5.69 Å². The normalized spacial score (nSPS) is 12.1. The summed E-state index contributed by atoms with van der Waals surface area (Å²) in [6.45, 7) is 0. The van der Waals surface area contributed by atoms with Gasteiger partial charge < -0.3 is 4.57 Å². The minimum absolute atomic E-state index is 1.16. The molecule has 272 valence electrons. The molecule has 59 heavy (non-hydrogen) atoms. The SMILES string of the molecule is c1ccc(-n2c3ccc4ccccc4c3c3c4ccccc4c(-c4ccc(-c5ccc6c(c5)c5ccccc5c5c7ccccc7c7ccccc7c65)cc4)cc32)cc1. The van der Waals surface area contributed by atoms with Crippen LogP contribution in [0.3, 0.4) is 0 Å². The van der Waals surface area contributed by atoms with Gasteiger partial charge in [-0.3, -0.25) is 0 Å². The molecule has 13 rings (SSSR count). The molecule has 0 aliphatic heterocycles. The first-order valence-corrected chi connectivity index (χ1v) is 20.5. The summed E-state index contributed by atoms with van der Waals surface area (Å²) in [5.74, 6) is 0. The van der Waals surface area contributed by atoms with Gasteiger partial charge in [-0.25, -0.2) is 0 Å². The second kappa shape index (κ2) is 12.4. The lowest BCUT2D eigenvalue weighted by molar-refractivity contribution is 1.18. The Bertz CT molecular complexity index is 3870. The highest BCUT2D eigenvalue weighted by atomic mass is 15.0. The lowest BCUT2D eigenvalue weighted by atomic mass is 9.86. The fraction of sp³-hybridized carbons (Fsp3) is 0. The zero-order chi connectivity index (χ0) is 38.6. The molecule has 0 bridgehead atoms. The lowest BCUT2D eigenvalue weighted by Gasteiger charge is -2.17. The second-order valence-electron chi connectivity index (χ2n) is 15.9. The number of hydrogen-bond donors (Lipinski definition) is 0. The van der Waals surface area contributed by atoms with Crippen LogP contribution in [0.4, 0.5) is 0 Å². The van der Waals surface area contributed by atoms with Crippen LogP contribution in [-0.4, -0.2) is 4.57 Å². The van der Waals surface area contributed by atoms with Crippen LogP contribution in [0.1, 0.15) is 0 Å². The Morgan fingerprint density at radius 3 is 1.34 bits per heavy atom. The smallest absolute Gasteiger partial charge is 0.0553 e. The third-order valence-corrected chi connectivity index (χ3v) is 12.9. The molecule has 1 nitrogen and oxygen atoms in total. The first-order valence-electron chi connectivity index (χ1n) is 20.5. The molecule has 13 aromatic rings. The topological polar surface area (TPSA) is 4.93 Å². The van der Waals surface area contributed by atoms with Crippen molar-refractivity contribution in [1.29, 1.82) is 0 Å². The van der Waals surface area contributed by atoms with Crippen molar-refractivity contribution in [1.82, 2.24) is 4.57 Å². The van der Waals surface area contributed by atoms with Gasteiger partial charge in [-0.15, -0.1) is 0 Å². The quantitative estimate of drug-likeness (QED) is 0.159. The van der Waals surface area contributed by atoms with E-state index >= 15 is 0 Å². The second-order valence-corrected chi connectivity index (χ2v) is 15.9. The number of benzene rings is 12. The molecule has 0 fully saturated rings. The Balaban J connectivity index is 1.03. The highest BCUT2D eigenvalue weighted by molar-refractivity contribution is 6.39. The van der Waals surface area contributed by atoms with E-state index < -0.39 is 0 Å². The molecule has 12 aromatic carbocycles. The van der Waals surface area contributed by atoms with Gasteiger partial charge in [-0.1, -0.05) is 182 Å². The van der Waals surface area contributed by atoms with Crippen molar-refractivity contribution in [3.05, 3.63) is 212 Å². The summed E-state index contributed by atoms with van der Waals surface area (Å²) in [5, 5.41) is 20.7. The molecule has 0 aliphatic carbocycles. The van der Waals surface area contributed by atoms with Gasteiger partial charge in [0.2, 0.25) is 0 Å². The summed E-state index contributed by atoms with van der Waals surface area (Å²) in [6.07, 6.45) is 0. The Morgan fingerprint density at radius 1 is 0.237 bits per heavy atom. The molecule has 0 saturated carbocycles. The number of fused-ring (bicyclic) bond motifs is 18. The Morgan fingerprint density at radius 2 is 0.695 bits per heavy atom. The fourth-order valence-corrected chi connectivity index (χ4v) is 10.4. The van der Waals surface area contributed by atoms with Crippen LogP contribution in [0.2, 0.25) is 0 Å². The lowest BCUT2D eigenvalue weighted by Crippen LogP contribution is -1.94. The van der Waals surface area contributed by atoms with Crippen molar-refractivity contribution >= 4 is 97.2 Å². The summed E-state index contributed by atoms with van der Waals surface area (Å²) in [7, 11) is 0. The Hall–Kier alpha value is -7.74. The van der Waals surface area contributed by atoms with Crippen LogP contribution in [0.5, 0.6) is 0 Å². The number of hydrogen-bond acceptors (Lipinski definition) is 0. The molecular weight excluding hydrogens is 711 g/mol. The maximum Gasteiger partial charge on any atom is 0.0553 e. The van der Waals surface area contributed by atoms with E-state index in [4.69, 9.17) is 0 Å². The van der Waals surface area contributed by atoms with Crippen LogP contribution in [0, 0.1) is 0 Å². The van der Waals surface area contributed by atoms with Crippen molar-refractivity contribution in [2.45, 2.75) is 0 Å². The first-order chi connectivity index (χ1) is 29.3. The molecule has 1 heteroatoms. The van der Waals surface area contributed by atoms with Gasteiger partial charge in [0.25, 0.3) is 0 Å². The van der Waals surface area contributed by atoms with Crippen molar-refractivity contribution < 1.29 is 0 Å². The van der Waals surface area contributed by atoms with Gasteiger partial charge in [-0.2, -0.15) is 0 Å². The molecule has 0 spiro atoms. The van der Waals surface area contributed by atoms with E-state index in [9.17, 15) is 0 Å². The van der Waals surface area contributed by atoms with Gasteiger partial charge in [-0.05, 0) is 128 Å². The van der Waals surface area contributed by atoms with Gasteiger partial charge in [0.15, 0.2) is 0 Å². The van der Waals surface area contributed by atoms with E-state index in [0.29, 0.717) is 0 Å². The monoisotopic (exact) mass is 745 g/mol. The zero-order valence-electron chi connectivity index (χ0n) is 32.2. The first kappa shape index (κ1) is 32.4. The van der Waals surface area contributed by atoms with Gasteiger partial charge in [0.05, 0.1) is 11.0 Å². The van der Waals surface area contributed by atoms with E-state index in [1.165, 1.54) is 119 Å². The average molecular weight is 746 g/mol. The third-order valence-electron chi connectivity index (χ3n) is 12.9. The maximum atomic E-state index is 2.45. The molecule has 0 unspecified atom stereocenters. The summed E-state index contributed by atoms with van der Waals surface area (Å²) in [6, 6.07) is 78.7. The molecule has 0 amide bonds. The molecule has 0 aliphatic rings. The molecule has 1 heterocycles. The number of nitrogens with zero attached hydrogens (tertiary/aromatic N) is 1. The maximum absolute atomic E-state index is 2.45. The van der Waals surface area contributed by atoms with Crippen LogP contribution in [-0.2, 0) is 0 Å². The summed E-state index contributed by atoms with van der Waals surface area (Å²) in [4.78, 5) is 0. The average Bonchev–Trinajstić information content (AvgIpc) is 3.66. The van der Waals surface area contributed by atoms with Crippen LogP contribution < -0.4 is 0 Å². The summed E-state index contributed by atoms with van der Waals surface area (Å²) >= 11 is 0. The molecular formula is C58H35N. The predicted molar refractivity (Wildman–Crippen MR) is 254 cm³/mol. The Labute approximate surface area is 340 Å². The summed E-state index contributed by atoms with van der Waals surface area (Å²) in [5.41, 5.74) is 8.47. The summed E-state index contributed by atoms with van der Waals surface area (Å²) < 4.78 is 2.45. The molecule has 0 radical (unpaired) electrons. The zero-order valence-corrected chi connectivity index (χ0v) is 32.2. The minimum Gasteiger partial charge on any atom is -0.309 e. The molecule has 0 saturated heterocycles. The van der Waals surface area contributed by atoms with E-state index in [1.807, 2.05) is 0 Å². The number of rotatable bonds is 3. The molecule has 0 atom stereocenters. The van der Waals surface area contributed by atoms with Crippen LogP contribution in [0.25, 0.3) is 125 Å². The van der Waals surface area contributed by atoms with E-state index in [-0.39, 0.29) is 0 Å². The van der Waals surface area contributed by atoms with Gasteiger partial charge in [0, 0.05) is 16.5 Å². The van der Waals surface area contributed by atoms with Crippen molar-refractivity contribution in [2.75, 3.05) is 0 Å². The van der Waals surface area contributed by atoms with E-state index in [1.54, 1.807) is 0 Å². The minimum atomic E-state index is 1.16. The fourth-order valence-electron chi connectivity index (χ4n) is 10.4. The third kappa shape index (κ3) is 4.62. The van der Waals surface area contributed by atoms with Gasteiger partial charge in [0.1, 0.15) is 0 Å². The highest BCUT2D eigenvalue weighted by Gasteiger charge is 2.20. The number of aromatic nitrogens is 1. The van der Waals surface area contributed by atoms with Crippen LogP contribution in [0.15, 0.2) is 212 Å². The molecule has 0 N–H and O–H groups in total. The van der Waals surface area contributed by atoms with Crippen LogP contribution >= 0.6 is 0 Å². The molecule has 1 aromatic heterocycles. The number of para-hydroxylation sites is 1. The van der Waals surface area contributed by atoms with Crippen molar-refractivity contribution in [3.63, 3.8) is 0 Å².